The number of carbonyl (C=O) groups is 2. The molecule has 0 unspecified atom stereocenters. The Bertz CT molecular complexity index is 877. The number of amides is 1. The van der Waals surface area contributed by atoms with E-state index in [0.29, 0.717) is 5.69 Å². The van der Waals surface area contributed by atoms with E-state index in [0.717, 1.165) is 23.0 Å². The molecule has 0 fully saturated rings. The van der Waals surface area contributed by atoms with Crippen LogP contribution in [0.1, 0.15) is 23.9 Å². The normalized spacial score (nSPS) is 12.2. The molecule has 8 heteroatoms. The molecule has 1 heterocycles. The number of nitrogens with one attached hydrogen (secondary N) is 1. The number of hydrogen-bond donors (Lipinski definition) is 1. The first-order chi connectivity index (χ1) is 12.2. The highest BCUT2D eigenvalue weighted by molar-refractivity contribution is 6.31. The minimum atomic E-state index is -1.04. The third kappa shape index (κ3) is 4.70. The van der Waals surface area contributed by atoms with Gasteiger partial charge in [-0.25, -0.2) is 9.18 Å². The van der Waals surface area contributed by atoms with E-state index in [9.17, 15) is 14.0 Å². The molecular weight excluding hydrogens is 361 g/mol. The zero-order valence-electron chi connectivity index (χ0n) is 14.8. The number of esters is 1. The smallest absolute Gasteiger partial charge is 0.331 e. The van der Waals surface area contributed by atoms with Crippen molar-refractivity contribution in [3.05, 3.63) is 52.1 Å². The molecule has 0 saturated carbocycles. The molecule has 0 spiro atoms. The second-order valence-electron chi connectivity index (χ2n) is 5.74. The number of benzene rings is 1. The standard InChI is InChI=1S/C18H19ClFN3O3/c1-10-14(11(2)23(4)22-10)6-8-17(24)26-12(3)18(25)21-13-5-7-16(20)15(19)9-13/h5-9,12H,1-4H3,(H,21,25)/b8-6+/t12-/m0/s1. The molecule has 26 heavy (non-hydrogen) atoms. The van der Waals surface area contributed by atoms with Gasteiger partial charge in [0.05, 0.1) is 10.7 Å². The molecule has 6 nitrogen and oxygen atoms in total. The van der Waals surface area contributed by atoms with E-state index in [4.69, 9.17) is 16.3 Å². The zero-order valence-corrected chi connectivity index (χ0v) is 15.6. The van der Waals surface area contributed by atoms with Crippen molar-refractivity contribution in [3.8, 4) is 0 Å². The number of rotatable bonds is 5. The minimum Gasteiger partial charge on any atom is -0.449 e. The van der Waals surface area contributed by atoms with Gasteiger partial charge in [-0.15, -0.1) is 0 Å². The van der Waals surface area contributed by atoms with Crippen LogP contribution in [0, 0.1) is 19.7 Å². The van der Waals surface area contributed by atoms with Crippen molar-refractivity contribution in [1.29, 1.82) is 0 Å². The Morgan fingerprint density at radius 2 is 2.08 bits per heavy atom. The molecule has 2 rings (SSSR count). The van der Waals surface area contributed by atoms with Crippen LogP contribution < -0.4 is 5.32 Å². The molecule has 0 saturated heterocycles. The van der Waals surface area contributed by atoms with E-state index < -0.39 is 23.8 Å². The average Bonchev–Trinajstić information content (AvgIpc) is 2.81. The van der Waals surface area contributed by atoms with Gasteiger partial charge in [-0.3, -0.25) is 9.48 Å². The minimum absolute atomic E-state index is 0.113. The molecule has 1 atom stereocenters. The monoisotopic (exact) mass is 379 g/mol. The SMILES string of the molecule is Cc1nn(C)c(C)c1/C=C/C(=O)O[C@@H](C)C(=O)Nc1ccc(F)c(Cl)c1. The zero-order chi connectivity index (χ0) is 19.4. The number of nitrogens with zero attached hydrogens (tertiary/aromatic N) is 2. The van der Waals surface area contributed by atoms with Crippen LogP contribution in [0.2, 0.25) is 5.02 Å². The van der Waals surface area contributed by atoms with E-state index in [-0.39, 0.29) is 5.02 Å². The van der Waals surface area contributed by atoms with Gasteiger partial charge in [0, 0.05) is 30.1 Å². The van der Waals surface area contributed by atoms with Crippen LogP contribution in [0.3, 0.4) is 0 Å². The highest BCUT2D eigenvalue weighted by Gasteiger charge is 2.17. The lowest BCUT2D eigenvalue weighted by Crippen LogP contribution is -2.29. The Balaban J connectivity index is 1.96. The Kier molecular flexibility index (Phi) is 6.15. The number of aryl methyl sites for hydroxylation is 2. The summed E-state index contributed by atoms with van der Waals surface area (Å²) in [4.78, 5) is 24.0. The number of aromatic nitrogens is 2. The van der Waals surface area contributed by atoms with Gasteiger partial charge in [-0.05, 0) is 45.0 Å². The first-order valence-electron chi connectivity index (χ1n) is 7.84. The van der Waals surface area contributed by atoms with Gasteiger partial charge in [0.15, 0.2) is 6.10 Å². The summed E-state index contributed by atoms with van der Waals surface area (Å²) < 4.78 is 19.9. The van der Waals surface area contributed by atoms with Gasteiger partial charge in [0.1, 0.15) is 5.82 Å². The fourth-order valence-corrected chi connectivity index (χ4v) is 2.45. The number of ether oxygens (including phenoxy) is 1. The van der Waals surface area contributed by atoms with Crippen molar-refractivity contribution in [3.63, 3.8) is 0 Å². The molecule has 1 N–H and O–H groups in total. The number of carbonyl (C=O) groups excluding carboxylic acids is 2. The molecule has 0 bridgehead atoms. The molecule has 1 aromatic heterocycles. The van der Waals surface area contributed by atoms with Crippen LogP contribution in [0.5, 0.6) is 0 Å². The summed E-state index contributed by atoms with van der Waals surface area (Å²) in [6, 6.07) is 3.77. The van der Waals surface area contributed by atoms with Crippen LogP contribution >= 0.6 is 11.6 Å². The van der Waals surface area contributed by atoms with E-state index in [2.05, 4.69) is 10.4 Å². The summed E-state index contributed by atoms with van der Waals surface area (Å²) in [5.41, 5.74) is 2.82. The van der Waals surface area contributed by atoms with E-state index >= 15 is 0 Å². The third-order valence-electron chi connectivity index (χ3n) is 3.80. The number of halogens is 2. The van der Waals surface area contributed by atoms with E-state index in [1.807, 2.05) is 20.9 Å². The molecule has 2 aromatic rings. The molecule has 0 aliphatic carbocycles. The largest absolute Gasteiger partial charge is 0.449 e. The van der Waals surface area contributed by atoms with Gasteiger partial charge < -0.3 is 10.1 Å². The molecular formula is C18H19ClFN3O3. The summed E-state index contributed by atoms with van der Waals surface area (Å²) in [6.07, 6.45) is 1.81. The molecule has 0 aliphatic heterocycles. The van der Waals surface area contributed by atoms with Gasteiger partial charge in [-0.2, -0.15) is 5.10 Å². The predicted molar refractivity (Wildman–Crippen MR) is 97.3 cm³/mol. The summed E-state index contributed by atoms with van der Waals surface area (Å²) >= 11 is 5.66. The van der Waals surface area contributed by atoms with Crippen molar-refractivity contribution in [2.45, 2.75) is 26.9 Å². The van der Waals surface area contributed by atoms with Crippen LogP contribution in [-0.2, 0) is 21.4 Å². The third-order valence-corrected chi connectivity index (χ3v) is 4.09. The lowest BCUT2D eigenvalue weighted by Gasteiger charge is -2.12. The van der Waals surface area contributed by atoms with Gasteiger partial charge in [-0.1, -0.05) is 11.6 Å². The maximum absolute atomic E-state index is 13.1. The second kappa shape index (κ2) is 8.14. The van der Waals surface area contributed by atoms with Gasteiger partial charge in [0.25, 0.3) is 5.91 Å². The quantitative estimate of drug-likeness (QED) is 0.638. The topological polar surface area (TPSA) is 73.2 Å². The first kappa shape index (κ1) is 19.7. The van der Waals surface area contributed by atoms with Crippen molar-refractivity contribution in [1.82, 2.24) is 9.78 Å². The van der Waals surface area contributed by atoms with Crippen LogP contribution in [-0.4, -0.2) is 27.8 Å². The fraction of sp³-hybridized carbons (Fsp3) is 0.278. The molecule has 138 valence electrons. The molecule has 1 aromatic carbocycles. The van der Waals surface area contributed by atoms with E-state index in [1.165, 1.54) is 25.1 Å². The van der Waals surface area contributed by atoms with Crippen molar-refractivity contribution in [2.24, 2.45) is 7.05 Å². The average molecular weight is 380 g/mol. The molecule has 0 aliphatic rings. The maximum Gasteiger partial charge on any atom is 0.331 e. The summed E-state index contributed by atoms with van der Waals surface area (Å²) in [5, 5.41) is 6.64. The number of hydrogen-bond acceptors (Lipinski definition) is 4. The molecule has 1 amide bonds. The highest BCUT2D eigenvalue weighted by Crippen LogP contribution is 2.19. The summed E-state index contributed by atoms with van der Waals surface area (Å²) in [7, 11) is 1.81. The lowest BCUT2D eigenvalue weighted by atomic mass is 10.2. The Hall–Kier alpha value is -2.67. The van der Waals surface area contributed by atoms with Crippen molar-refractivity contribution < 1.29 is 18.7 Å². The Morgan fingerprint density at radius 1 is 1.38 bits per heavy atom. The maximum atomic E-state index is 13.1. The lowest BCUT2D eigenvalue weighted by molar-refractivity contribution is -0.148. The van der Waals surface area contributed by atoms with Crippen molar-refractivity contribution in [2.75, 3.05) is 5.32 Å². The molecule has 0 radical (unpaired) electrons. The Morgan fingerprint density at radius 3 is 2.65 bits per heavy atom. The second-order valence-corrected chi connectivity index (χ2v) is 6.15. The van der Waals surface area contributed by atoms with Gasteiger partial charge >= 0.3 is 5.97 Å². The van der Waals surface area contributed by atoms with E-state index in [1.54, 1.807) is 10.8 Å². The van der Waals surface area contributed by atoms with Crippen molar-refractivity contribution >= 4 is 35.2 Å². The van der Waals surface area contributed by atoms with Crippen LogP contribution in [0.15, 0.2) is 24.3 Å². The van der Waals surface area contributed by atoms with Crippen LogP contribution in [0.4, 0.5) is 10.1 Å². The summed E-state index contributed by atoms with van der Waals surface area (Å²) in [6.45, 7) is 5.16. The Labute approximate surface area is 155 Å². The number of anilines is 1. The first-order valence-corrected chi connectivity index (χ1v) is 8.21. The fourth-order valence-electron chi connectivity index (χ4n) is 2.27. The predicted octanol–water partition coefficient (Wildman–Crippen LogP) is 3.41. The summed E-state index contributed by atoms with van der Waals surface area (Å²) in [5.74, 6) is -1.80. The van der Waals surface area contributed by atoms with Gasteiger partial charge in [0.2, 0.25) is 0 Å². The van der Waals surface area contributed by atoms with Crippen LogP contribution in [0.25, 0.3) is 6.08 Å². The highest BCUT2D eigenvalue weighted by atomic mass is 35.5.